The molecule has 5 heteroatoms. The third-order valence-corrected chi connectivity index (χ3v) is 3.38. The van der Waals surface area contributed by atoms with Gasteiger partial charge in [0, 0.05) is 12.8 Å². The van der Waals surface area contributed by atoms with Crippen LogP contribution >= 0.6 is 0 Å². The smallest absolute Gasteiger partial charge is 0.315 e. The van der Waals surface area contributed by atoms with Crippen LogP contribution in [0.2, 0.25) is 0 Å². The zero-order valence-corrected chi connectivity index (χ0v) is 8.93. The van der Waals surface area contributed by atoms with Crippen LogP contribution in [0.3, 0.4) is 0 Å². The maximum atomic E-state index is 11.3. The SMILES string of the molecule is O=C1CC(C(=O)O)(c2ccc3nc[nH]c3c2)C1. The highest BCUT2D eigenvalue weighted by atomic mass is 16.4. The molecule has 2 aromatic rings. The highest BCUT2D eigenvalue weighted by Crippen LogP contribution is 2.42. The molecule has 0 unspecified atom stereocenters. The minimum absolute atomic E-state index is 0.00268. The molecule has 86 valence electrons. The number of fused-ring (bicyclic) bond motifs is 1. The van der Waals surface area contributed by atoms with Crippen LogP contribution in [0.15, 0.2) is 24.5 Å². The van der Waals surface area contributed by atoms with E-state index in [1.165, 1.54) is 0 Å². The number of Topliss-reactive ketones (excluding diaryl/α,β-unsaturated/α-hetero) is 1. The monoisotopic (exact) mass is 230 g/mol. The Hall–Kier alpha value is -2.17. The van der Waals surface area contributed by atoms with E-state index in [0.29, 0.717) is 5.56 Å². The van der Waals surface area contributed by atoms with Gasteiger partial charge in [0.25, 0.3) is 0 Å². The summed E-state index contributed by atoms with van der Waals surface area (Å²) < 4.78 is 0. The number of ketones is 1. The molecule has 1 aliphatic rings. The topological polar surface area (TPSA) is 83.1 Å². The van der Waals surface area contributed by atoms with Crippen LogP contribution in [-0.2, 0) is 15.0 Å². The lowest BCUT2D eigenvalue weighted by Crippen LogP contribution is -2.48. The number of benzene rings is 1. The van der Waals surface area contributed by atoms with Crippen molar-refractivity contribution in [3.05, 3.63) is 30.1 Å². The lowest BCUT2D eigenvalue weighted by Gasteiger charge is -2.36. The summed E-state index contributed by atoms with van der Waals surface area (Å²) in [7, 11) is 0. The summed E-state index contributed by atoms with van der Waals surface area (Å²) in [5.74, 6) is -0.937. The lowest BCUT2D eigenvalue weighted by atomic mass is 9.63. The Balaban J connectivity index is 2.12. The number of carbonyl (C=O) groups is 2. The number of nitrogens with one attached hydrogen (secondary N) is 1. The van der Waals surface area contributed by atoms with E-state index in [1.807, 2.05) is 0 Å². The Morgan fingerprint density at radius 3 is 2.82 bits per heavy atom. The van der Waals surface area contributed by atoms with E-state index in [2.05, 4.69) is 9.97 Å². The molecule has 0 spiro atoms. The molecule has 1 heterocycles. The van der Waals surface area contributed by atoms with Crippen molar-refractivity contribution in [2.75, 3.05) is 0 Å². The molecule has 2 N–H and O–H groups in total. The molecule has 0 bridgehead atoms. The van der Waals surface area contributed by atoms with E-state index in [4.69, 9.17) is 0 Å². The zero-order valence-electron chi connectivity index (χ0n) is 8.93. The van der Waals surface area contributed by atoms with Gasteiger partial charge in [-0.15, -0.1) is 0 Å². The van der Waals surface area contributed by atoms with Gasteiger partial charge in [0.05, 0.1) is 17.4 Å². The van der Waals surface area contributed by atoms with Crippen LogP contribution in [0.1, 0.15) is 18.4 Å². The number of H-pyrrole nitrogens is 1. The molecule has 0 radical (unpaired) electrons. The standard InChI is InChI=1S/C12H10N2O3/c15-8-4-12(5-8,11(16)17)7-1-2-9-10(3-7)14-6-13-9/h1-3,6H,4-5H2,(H,13,14)(H,16,17). The number of carboxylic acids is 1. The number of hydrogen-bond acceptors (Lipinski definition) is 3. The third kappa shape index (κ3) is 1.28. The molecule has 1 saturated carbocycles. The van der Waals surface area contributed by atoms with Gasteiger partial charge < -0.3 is 10.1 Å². The van der Waals surface area contributed by atoms with E-state index in [-0.39, 0.29) is 18.6 Å². The van der Waals surface area contributed by atoms with Gasteiger partial charge in [-0.2, -0.15) is 0 Å². The minimum atomic E-state index is -1.03. The number of aromatic amines is 1. The van der Waals surface area contributed by atoms with Gasteiger partial charge in [0.2, 0.25) is 0 Å². The Kier molecular flexibility index (Phi) is 1.86. The van der Waals surface area contributed by atoms with Gasteiger partial charge in [-0.05, 0) is 17.7 Å². The van der Waals surface area contributed by atoms with E-state index in [0.717, 1.165) is 11.0 Å². The fourth-order valence-corrected chi connectivity index (χ4v) is 2.33. The fraction of sp³-hybridized carbons (Fsp3) is 0.250. The summed E-state index contributed by atoms with van der Waals surface area (Å²) in [5, 5.41) is 9.30. The average molecular weight is 230 g/mol. The number of nitrogens with zero attached hydrogens (tertiary/aromatic N) is 1. The third-order valence-electron chi connectivity index (χ3n) is 3.38. The summed E-state index contributed by atoms with van der Waals surface area (Å²) in [6, 6.07) is 5.28. The first kappa shape index (κ1) is 10.0. The van der Waals surface area contributed by atoms with Gasteiger partial charge in [-0.1, -0.05) is 6.07 Å². The van der Waals surface area contributed by atoms with Crippen molar-refractivity contribution in [2.24, 2.45) is 0 Å². The van der Waals surface area contributed by atoms with Crippen LogP contribution in [0, 0.1) is 0 Å². The second-order valence-electron chi connectivity index (χ2n) is 4.41. The molecule has 17 heavy (non-hydrogen) atoms. The molecule has 0 aliphatic heterocycles. The normalized spacial score (nSPS) is 18.0. The highest BCUT2D eigenvalue weighted by Gasteiger charge is 2.51. The predicted octanol–water partition coefficient (Wildman–Crippen LogP) is 1.25. The minimum Gasteiger partial charge on any atom is -0.481 e. The van der Waals surface area contributed by atoms with Crippen molar-refractivity contribution in [1.29, 1.82) is 0 Å². The molecule has 1 aromatic carbocycles. The molecule has 0 amide bonds. The number of carboxylic acid groups (broad SMARTS) is 1. The van der Waals surface area contributed by atoms with E-state index in [1.54, 1.807) is 24.5 Å². The van der Waals surface area contributed by atoms with Crippen molar-refractivity contribution in [3.63, 3.8) is 0 Å². The lowest BCUT2D eigenvalue weighted by molar-refractivity contribution is -0.153. The molecule has 0 saturated heterocycles. The maximum Gasteiger partial charge on any atom is 0.315 e. The Bertz CT molecular complexity index is 621. The van der Waals surface area contributed by atoms with Crippen LogP contribution in [0.5, 0.6) is 0 Å². The van der Waals surface area contributed by atoms with Crippen LogP contribution in [0.25, 0.3) is 11.0 Å². The van der Waals surface area contributed by atoms with Crippen LogP contribution in [0.4, 0.5) is 0 Å². The number of carbonyl (C=O) groups excluding carboxylic acids is 1. The van der Waals surface area contributed by atoms with Crippen molar-refractivity contribution < 1.29 is 14.7 Å². The van der Waals surface area contributed by atoms with Gasteiger partial charge in [0.1, 0.15) is 11.2 Å². The quantitative estimate of drug-likeness (QED) is 0.813. The van der Waals surface area contributed by atoms with E-state index >= 15 is 0 Å². The number of imidazole rings is 1. The van der Waals surface area contributed by atoms with Gasteiger partial charge in [-0.3, -0.25) is 9.59 Å². The van der Waals surface area contributed by atoms with Gasteiger partial charge >= 0.3 is 5.97 Å². The Morgan fingerprint density at radius 2 is 2.18 bits per heavy atom. The average Bonchev–Trinajstić information content (AvgIpc) is 2.70. The van der Waals surface area contributed by atoms with Crippen LogP contribution < -0.4 is 0 Å². The molecule has 1 aromatic heterocycles. The number of aromatic nitrogens is 2. The Morgan fingerprint density at radius 1 is 1.41 bits per heavy atom. The molecule has 1 fully saturated rings. The van der Waals surface area contributed by atoms with Crippen molar-refractivity contribution in [3.8, 4) is 0 Å². The fourth-order valence-electron chi connectivity index (χ4n) is 2.33. The molecule has 0 atom stereocenters. The first-order valence-electron chi connectivity index (χ1n) is 5.30. The van der Waals surface area contributed by atoms with Crippen molar-refractivity contribution in [2.45, 2.75) is 18.3 Å². The summed E-state index contributed by atoms with van der Waals surface area (Å²) in [5.41, 5.74) is 1.22. The first-order valence-corrected chi connectivity index (χ1v) is 5.30. The molecular formula is C12H10N2O3. The van der Waals surface area contributed by atoms with E-state index in [9.17, 15) is 14.7 Å². The maximum absolute atomic E-state index is 11.3. The number of rotatable bonds is 2. The van der Waals surface area contributed by atoms with Gasteiger partial charge in [-0.25, -0.2) is 4.98 Å². The molecule has 3 rings (SSSR count). The predicted molar refractivity (Wildman–Crippen MR) is 59.6 cm³/mol. The zero-order chi connectivity index (χ0) is 12.0. The van der Waals surface area contributed by atoms with E-state index < -0.39 is 11.4 Å². The van der Waals surface area contributed by atoms with Crippen molar-refractivity contribution in [1.82, 2.24) is 9.97 Å². The second-order valence-corrected chi connectivity index (χ2v) is 4.41. The summed E-state index contributed by atoms with van der Waals surface area (Å²) in [4.78, 5) is 29.5. The highest BCUT2D eigenvalue weighted by molar-refractivity contribution is 6.01. The summed E-state index contributed by atoms with van der Waals surface area (Å²) >= 11 is 0. The molecule has 5 nitrogen and oxygen atoms in total. The largest absolute Gasteiger partial charge is 0.481 e. The second kappa shape index (κ2) is 3.16. The van der Waals surface area contributed by atoms with Crippen LogP contribution in [-0.4, -0.2) is 26.8 Å². The van der Waals surface area contributed by atoms with Gasteiger partial charge in [0.15, 0.2) is 0 Å². The first-order chi connectivity index (χ1) is 8.12. The molecular weight excluding hydrogens is 220 g/mol. The summed E-state index contributed by atoms with van der Waals surface area (Å²) in [6.07, 6.45) is 1.73. The number of aliphatic carboxylic acids is 1. The molecule has 1 aliphatic carbocycles. The number of hydrogen-bond donors (Lipinski definition) is 2. The van der Waals surface area contributed by atoms with Crippen molar-refractivity contribution >= 4 is 22.8 Å². The summed E-state index contributed by atoms with van der Waals surface area (Å²) in [6.45, 7) is 0. The Labute approximate surface area is 96.5 Å².